The van der Waals surface area contributed by atoms with Gasteiger partial charge in [-0.2, -0.15) is 0 Å². The standard InChI is InChI=1S/C7H10O2/c1-6(8)4-7-2-3-9-5-7/h2-3,5-6,8H,4H2,1H3. The van der Waals surface area contributed by atoms with Gasteiger partial charge in [0.15, 0.2) is 0 Å². The zero-order valence-electron chi connectivity index (χ0n) is 5.37. The summed E-state index contributed by atoms with van der Waals surface area (Å²) in [6.45, 7) is 1.76. The molecule has 1 unspecified atom stereocenters. The van der Waals surface area contributed by atoms with E-state index in [0.29, 0.717) is 6.42 Å². The number of furan rings is 1. The van der Waals surface area contributed by atoms with E-state index in [1.807, 2.05) is 6.07 Å². The van der Waals surface area contributed by atoms with Crippen LogP contribution in [0.15, 0.2) is 23.0 Å². The first-order valence-corrected chi connectivity index (χ1v) is 2.98. The SMILES string of the molecule is CC(O)Cc1ccoc1. The quantitative estimate of drug-likeness (QED) is 0.646. The van der Waals surface area contributed by atoms with Crippen molar-refractivity contribution in [3.63, 3.8) is 0 Å². The number of aliphatic hydroxyl groups excluding tert-OH is 1. The van der Waals surface area contributed by atoms with Crippen LogP contribution in [0.4, 0.5) is 0 Å². The highest BCUT2D eigenvalue weighted by atomic mass is 16.3. The highest BCUT2D eigenvalue weighted by molar-refractivity contribution is 5.05. The number of hydrogen-bond acceptors (Lipinski definition) is 2. The predicted octanol–water partition coefficient (Wildman–Crippen LogP) is 1.20. The Labute approximate surface area is 54.1 Å². The molecule has 50 valence electrons. The molecule has 0 saturated heterocycles. The van der Waals surface area contributed by atoms with Crippen LogP contribution in [-0.4, -0.2) is 11.2 Å². The molecule has 1 N–H and O–H groups in total. The smallest absolute Gasteiger partial charge is 0.0935 e. The lowest BCUT2D eigenvalue weighted by Crippen LogP contribution is -2.02. The van der Waals surface area contributed by atoms with E-state index >= 15 is 0 Å². The highest BCUT2D eigenvalue weighted by Gasteiger charge is 1.97. The van der Waals surface area contributed by atoms with E-state index in [1.54, 1.807) is 19.5 Å². The molecular formula is C7H10O2. The summed E-state index contributed by atoms with van der Waals surface area (Å²) in [4.78, 5) is 0. The van der Waals surface area contributed by atoms with E-state index in [9.17, 15) is 0 Å². The molecule has 1 atom stereocenters. The molecule has 1 heterocycles. The fourth-order valence-electron chi connectivity index (χ4n) is 0.750. The van der Waals surface area contributed by atoms with Gasteiger partial charge >= 0.3 is 0 Å². The first-order chi connectivity index (χ1) is 4.29. The normalized spacial score (nSPS) is 13.6. The van der Waals surface area contributed by atoms with Crippen LogP contribution in [0.5, 0.6) is 0 Å². The Bertz CT molecular complexity index is 153. The van der Waals surface area contributed by atoms with Crippen molar-refractivity contribution in [1.82, 2.24) is 0 Å². The largest absolute Gasteiger partial charge is 0.472 e. The first kappa shape index (κ1) is 6.36. The molecule has 1 rings (SSSR count). The maximum Gasteiger partial charge on any atom is 0.0935 e. The van der Waals surface area contributed by atoms with Crippen molar-refractivity contribution in [2.24, 2.45) is 0 Å². The summed E-state index contributed by atoms with van der Waals surface area (Å²) in [7, 11) is 0. The Hall–Kier alpha value is -0.760. The second kappa shape index (κ2) is 2.69. The van der Waals surface area contributed by atoms with E-state index < -0.39 is 0 Å². The van der Waals surface area contributed by atoms with Crippen molar-refractivity contribution in [2.75, 3.05) is 0 Å². The molecule has 0 spiro atoms. The van der Waals surface area contributed by atoms with Gasteiger partial charge in [-0.05, 0) is 18.6 Å². The minimum atomic E-state index is -0.275. The molecule has 0 aliphatic heterocycles. The summed E-state index contributed by atoms with van der Waals surface area (Å²) in [5, 5.41) is 8.88. The number of rotatable bonds is 2. The number of hydrogen-bond donors (Lipinski definition) is 1. The van der Waals surface area contributed by atoms with Gasteiger partial charge < -0.3 is 9.52 Å². The van der Waals surface area contributed by atoms with Gasteiger partial charge in [0, 0.05) is 6.42 Å². The summed E-state index contributed by atoms with van der Waals surface area (Å²) in [6.07, 6.45) is 3.66. The zero-order chi connectivity index (χ0) is 6.69. The topological polar surface area (TPSA) is 33.4 Å². The minimum Gasteiger partial charge on any atom is -0.472 e. The number of aliphatic hydroxyl groups is 1. The third-order valence-corrected chi connectivity index (χ3v) is 1.11. The average Bonchev–Trinajstić information content (AvgIpc) is 2.15. The molecule has 0 bridgehead atoms. The Morgan fingerprint density at radius 3 is 3.00 bits per heavy atom. The van der Waals surface area contributed by atoms with E-state index in [2.05, 4.69) is 0 Å². The van der Waals surface area contributed by atoms with Gasteiger partial charge in [0.05, 0.1) is 18.6 Å². The van der Waals surface area contributed by atoms with Crippen molar-refractivity contribution in [3.8, 4) is 0 Å². The summed E-state index contributed by atoms with van der Waals surface area (Å²) in [5.74, 6) is 0. The van der Waals surface area contributed by atoms with Crippen LogP contribution in [0.2, 0.25) is 0 Å². The van der Waals surface area contributed by atoms with Gasteiger partial charge in [-0.15, -0.1) is 0 Å². The fourth-order valence-corrected chi connectivity index (χ4v) is 0.750. The fraction of sp³-hybridized carbons (Fsp3) is 0.429. The first-order valence-electron chi connectivity index (χ1n) is 2.98. The van der Waals surface area contributed by atoms with Gasteiger partial charge in [-0.1, -0.05) is 0 Å². The van der Waals surface area contributed by atoms with E-state index in [4.69, 9.17) is 9.52 Å². The Morgan fingerprint density at radius 1 is 1.78 bits per heavy atom. The van der Waals surface area contributed by atoms with E-state index in [-0.39, 0.29) is 6.10 Å². The van der Waals surface area contributed by atoms with Crippen molar-refractivity contribution < 1.29 is 9.52 Å². The molecular weight excluding hydrogens is 116 g/mol. The van der Waals surface area contributed by atoms with Crippen LogP contribution in [0.3, 0.4) is 0 Å². The molecule has 2 nitrogen and oxygen atoms in total. The van der Waals surface area contributed by atoms with Crippen LogP contribution >= 0.6 is 0 Å². The van der Waals surface area contributed by atoms with Gasteiger partial charge in [0.2, 0.25) is 0 Å². The molecule has 0 fully saturated rings. The molecule has 0 saturated carbocycles. The third-order valence-electron chi connectivity index (χ3n) is 1.11. The van der Waals surface area contributed by atoms with Crippen LogP contribution in [0.1, 0.15) is 12.5 Å². The van der Waals surface area contributed by atoms with Crippen LogP contribution < -0.4 is 0 Å². The summed E-state index contributed by atoms with van der Waals surface area (Å²) in [6, 6.07) is 1.85. The lowest BCUT2D eigenvalue weighted by Gasteiger charge is -1.97. The second-order valence-corrected chi connectivity index (χ2v) is 2.18. The van der Waals surface area contributed by atoms with E-state index in [1.165, 1.54) is 0 Å². The molecule has 0 aliphatic carbocycles. The molecule has 0 aromatic carbocycles. The molecule has 1 aromatic rings. The molecule has 9 heavy (non-hydrogen) atoms. The predicted molar refractivity (Wildman–Crippen MR) is 34.1 cm³/mol. The molecule has 0 radical (unpaired) electrons. The lowest BCUT2D eigenvalue weighted by molar-refractivity contribution is 0.195. The Kier molecular flexibility index (Phi) is 1.90. The summed E-state index contributed by atoms with van der Waals surface area (Å²) >= 11 is 0. The van der Waals surface area contributed by atoms with Crippen molar-refractivity contribution in [2.45, 2.75) is 19.4 Å². The molecule has 2 heteroatoms. The van der Waals surface area contributed by atoms with Crippen LogP contribution in [0, 0.1) is 0 Å². The van der Waals surface area contributed by atoms with Crippen molar-refractivity contribution in [3.05, 3.63) is 24.2 Å². The van der Waals surface area contributed by atoms with E-state index in [0.717, 1.165) is 5.56 Å². The Balaban J connectivity index is 2.48. The van der Waals surface area contributed by atoms with Crippen molar-refractivity contribution >= 4 is 0 Å². The zero-order valence-corrected chi connectivity index (χ0v) is 5.37. The maximum absolute atomic E-state index is 8.88. The second-order valence-electron chi connectivity index (χ2n) is 2.18. The third kappa shape index (κ3) is 1.90. The molecule has 1 aromatic heterocycles. The summed E-state index contributed by atoms with van der Waals surface area (Å²) in [5.41, 5.74) is 1.05. The van der Waals surface area contributed by atoms with Gasteiger partial charge in [-0.3, -0.25) is 0 Å². The molecule has 0 aliphatic rings. The van der Waals surface area contributed by atoms with Crippen LogP contribution in [0.25, 0.3) is 0 Å². The highest BCUT2D eigenvalue weighted by Crippen LogP contribution is 2.02. The maximum atomic E-state index is 8.88. The van der Waals surface area contributed by atoms with Gasteiger partial charge in [0.1, 0.15) is 0 Å². The monoisotopic (exact) mass is 126 g/mol. The Morgan fingerprint density at radius 2 is 2.56 bits per heavy atom. The van der Waals surface area contributed by atoms with Crippen LogP contribution in [-0.2, 0) is 6.42 Å². The van der Waals surface area contributed by atoms with Gasteiger partial charge in [-0.25, -0.2) is 0 Å². The minimum absolute atomic E-state index is 0.275. The summed E-state index contributed by atoms with van der Waals surface area (Å²) < 4.78 is 4.80. The average molecular weight is 126 g/mol. The lowest BCUT2D eigenvalue weighted by atomic mass is 10.2. The van der Waals surface area contributed by atoms with Crippen molar-refractivity contribution in [1.29, 1.82) is 0 Å². The van der Waals surface area contributed by atoms with Gasteiger partial charge in [0.25, 0.3) is 0 Å². The molecule has 0 amide bonds.